The van der Waals surface area contributed by atoms with Crippen LogP contribution in [-0.2, 0) is 9.92 Å². The van der Waals surface area contributed by atoms with Crippen molar-refractivity contribution in [3.8, 4) is 5.75 Å². The molecule has 0 saturated heterocycles. The Morgan fingerprint density at radius 1 is 1.44 bits per heavy atom. The van der Waals surface area contributed by atoms with Gasteiger partial charge in [0.25, 0.3) is 0 Å². The zero-order valence-corrected chi connectivity index (χ0v) is 14.4. The lowest BCUT2D eigenvalue weighted by atomic mass is 10.2. The van der Waals surface area contributed by atoms with Gasteiger partial charge < -0.3 is 4.74 Å². The van der Waals surface area contributed by atoms with Crippen LogP contribution in [0.5, 0.6) is 5.75 Å². The van der Waals surface area contributed by atoms with Crippen LogP contribution in [-0.4, -0.2) is 19.6 Å². The molecule has 0 spiro atoms. The van der Waals surface area contributed by atoms with E-state index < -0.39 is 18.2 Å². The van der Waals surface area contributed by atoms with Crippen molar-refractivity contribution in [2.75, 3.05) is 7.11 Å². The molecule has 1 aromatic heterocycles. The Kier molecular flexibility index (Phi) is 4.32. The summed E-state index contributed by atoms with van der Waals surface area (Å²) >= 11 is 1.30. The van der Waals surface area contributed by atoms with Crippen molar-refractivity contribution in [3.63, 3.8) is 0 Å². The molecule has 0 aliphatic rings. The van der Waals surface area contributed by atoms with Gasteiger partial charge >= 0.3 is 0 Å². The van der Waals surface area contributed by atoms with Crippen LogP contribution in [0.1, 0.15) is 20.8 Å². The van der Waals surface area contributed by atoms with E-state index in [9.17, 15) is 4.21 Å². The first-order valence-electron chi connectivity index (χ1n) is 5.70. The van der Waals surface area contributed by atoms with E-state index in [1.54, 1.807) is 18.6 Å². The average Bonchev–Trinajstić information content (AvgIpc) is 2.62. The van der Waals surface area contributed by atoms with E-state index in [4.69, 9.17) is 9.52 Å². The number of hydrogen-bond acceptors (Lipinski definition) is 4. The second kappa shape index (κ2) is 4.95. The fourth-order valence-corrected chi connectivity index (χ4v) is 7.55. The van der Waals surface area contributed by atoms with Crippen molar-refractivity contribution in [1.82, 2.24) is 4.39 Å². The number of nitrogens with one attached hydrogen (secondary N) is 2. The third-order valence-corrected chi connectivity index (χ3v) is 12.7. The van der Waals surface area contributed by atoms with Gasteiger partial charge in [-0.15, -0.1) is 11.3 Å². The van der Waals surface area contributed by atoms with Crippen molar-refractivity contribution < 1.29 is 8.95 Å². The number of rotatable bonds is 4. The molecule has 1 unspecified atom stereocenters. The summed E-state index contributed by atoms with van der Waals surface area (Å²) < 4.78 is 29.3. The third-order valence-electron chi connectivity index (χ3n) is 3.34. The first-order valence-corrected chi connectivity index (χ1v) is 11.1. The fraction of sp³-hybridized carbons (Fsp3) is 0.636. The minimum absolute atomic E-state index is 0.0397. The Morgan fingerprint density at radius 3 is 2.39 bits per heavy atom. The van der Waals surface area contributed by atoms with Crippen molar-refractivity contribution in [3.05, 3.63) is 11.4 Å². The average molecular weight is 307 g/mol. The maximum absolute atomic E-state index is 12.5. The first-order chi connectivity index (χ1) is 7.99. The highest BCUT2D eigenvalue weighted by Crippen LogP contribution is 2.36. The molecule has 0 aromatic carbocycles. The maximum atomic E-state index is 12.5. The van der Waals surface area contributed by atoms with Gasteiger partial charge in [0, 0.05) is 11.4 Å². The van der Waals surface area contributed by atoms with E-state index >= 15 is 0 Å². The molecule has 0 radical (unpaired) electrons. The quantitative estimate of drug-likeness (QED) is 0.834. The van der Waals surface area contributed by atoms with Gasteiger partial charge in [0.15, 0.2) is 0 Å². The number of hydrogen-bond donors (Lipinski definition) is 2. The van der Waals surface area contributed by atoms with Gasteiger partial charge in [0.1, 0.15) is 28.1 Å². The molecular formula is C11H22N2O2S2Si. The van der Waals surface area contributed by atoms with Crippen molar-refractivity contribution >= 4 is 29.5 Å². The summed E-state index contributed by atoms with van der Waals surface area (Å²) in [5.41, 5.74) is 0. The van der Waals surface area contributed by atoms with Crippen LogP contribution < -0.4 is 9.12 Å². The number of ether oxygens (including phenoxy) is 1. The summed E-state index contributed by atoms with van der Waals surface area (Å²) in [6.07, 6.45) is 0. The predicted molar refractivity (Wildman–Crippen MR) is 80.3 cm³/mol. The normalized spacial score (nSPS) is 16.3. The molecule has 18 heavy (non-hydrogen) atoms. The maximum Gasteiger partial charge on any atom is 0.140 e. The molecule has 0 bridgehead atoms. The smallest absolute Gasteiger partial charge is 0.140 e. The van der Waals surface area contributed by atoms with Gasteiger partial charge in [-0.05, 0) is 5.04 Å². The van der Waals surface area contributed by atoms with Gasteiger partial charge in [-0.3, -0.25) is 0 Å². The van der Waals surface area contributed by atoms with Crippen LogP contribution in [0, 0.1) is 4.78 Å². The molecular weight excluding hydrogens is 284 g/mol. The van der Waals surface area contributed by atoms with E-state index in [0.717, 1.165) is 0 Å². The Labute approximate surface area is 115 Å². The first kappa shape index (κ1) is 15.7. The predicted octanol–water partition coefficient (Wildman–Crippen LogP) is 3.67. The largest absolute Gasteiger partial charge is 0.496 e. The Hall–Kier alpha value is -0.373. The van der Waals surface area contributed by atoms with Gasteiger partial charge in [-0.2, -0.15) is 0 Å². The molecule has 0 aliphatic heterocycles. The van der Waals surface area contributed by atoms with Crippen molar-refractivity contribution in [2.24, 2.45) is 0 Å². The zero-order valence-electron chi connectivity index (χ0n) is 11.8. The Morgan fingerprint density at radius 2 is 2.00 bits per heavy atom. The van der Waals surface area contributed by atoms with Crippen molar-refractivity contribution in [2.45, 2.75) is 43.1 Å². The van der Waals surface area contributed by atoms with Crippen LogP contribution in [0.2, 0.25) is 18.1 Å². The molecule has 0 aliphatic carbocycles. The van der Waals surface area contributed by atoms with Crippen LogP contribution in [0.3, 0.4) is 0 Å². The highest BCUT2D eigenvalue weighted by molar-refractivity contribution is 7.94. The Balaban J connectivity index is 3.02. The minimum atomic E-state index is -2.94. The van der Waals surface area contributed by atoms with Crippen molar-refractivity contribution in [1.29, 1.82) is 4.78 Å². The topological polar surface area (TPSA) is 62.2 Å². The van der Waals surface area contributed by atoms with E-state index in [-0.39, 0.29) is 5.04 Å². The summed E-state index contributed by atoms with van der Waals surface area (Å²) in [6.45, 7) is 10.6. The molecule has 7 heteroatoms. The van der Waals surface area contributed by atoms with E-state index in [0.29, 0.717) is 9.96 Å². The van der Waals surface area contributed by atoms with E-state index in [1.165, 1.54) is 11.3 Å². The molecule has 1 heterocycles. The SMILES string of the molecule is COc1csc(S(=N)(=O)N[Si](C)(C)C(C)(C)C)c1. The molecule has 1 aromatic rings. The van der Waals surface area contributed by atoms with Crippen LogP contribution in [0.15, 0.2) is 15.7 Å². The summed E-state index contributed by atoms with van der Waals surface area (Å²) in [5, 5.41) is 1.81. The molecule has 0 saturated carbocycles. The highest BCUT2D eigenvalue weighted by Gasteiger charge is 2.38. The van der Waals surface area contributed by atoms with Gasteiger partial charge in [-0.25, -0.2) is 13.4 Å². The van der Waals surface area contributed by atoms with Crippen LogP contribution in [0.4, 0.5) is 0 Å². The molecule has 1 atom stereocenters. The van der Waals surface area contributed by atoms with Gasteiger partial charge in [0.05, 0.1) is 7.11 Å². The summed E-state index contributed by atoms with van der Waals surface area (Å²) in [4.78, 5) is 0. The highest BCUT2D eigenvalue weighted by atomic mass is 32.2. The molecule has 2 N–H and O–H groups in total. The lowest BCUT2D eigenvalue weighted by Crippen LogP contribution is -2.53. The monoisotopic (exact) mass is 306 g/mol. The lowest BCUT2D eigenvalue weighted by molar-refractivity contribution is 0.416. The second-order valence-corrected chi connectivity index (χ2v) is 14.1. The van der Waals surface area contributed by atoms with E-state index in [2.05, 4.69) is 38.3 Å². The lowest BCUT2D eigenvalue weighted by Gasteiger charge is -2.37. The summed E-state index contributed by atoms with van der Waals surface area (Å²) in [7, 11) is -3.34. The minimum Gasteiger partial charge on any atom is -0.496 e. The van der Waals surface area contributed by atoms with Gasteiger partial charge in [0.2, 0.25) is 0 Å². The summed E-state index contributed by atoms with van der Waals surface area (Å²) in [5.74, 6) is 0.659. The van der Waals surface area contributed by atoms with Crippen LogP contribution in [0.25, 0.3) is 0 Å². The molecule has 1 rings (SSSR count). The number of thiophene rings is 1. The molecule has 104 valence electrons. The summed E-state index contributed by atoms with van der Waals surface area (Å²) in [6, 6.07) is 1.68. The second-order valence-electron chi connectivity index (χ2n) is 5.84. The zero-order chi connectivity index (χ0) is 14.2. The standard InChI is InChI=1S/C11H22N2O2S2Si/c1-11(2,3)18(5,6)13-17(12,14)10-7-9(15-4)8-16-10/h7-8H,1-6H3,(H2,12,13,14). The van der Waals surface area contributed by atoms with E-state index in [1.807, 2.05) is 0 Å². The third kappa shape index (κ3) is 3.34. The Bertz CT molecular complexity index is 515. The molecule has 4 nitrogen and oxygen atoms in total. The fourth-order valence-electron chi connectivity index (χ4n) is 1.12. The van der Waals surface area contributed by atoms with Gasteiger partial charge in [-0.1, -0.05) is 33.9 Å². The molecule has 0 amide bonds. The number of methoxy groups -OCH3 is 1. The molecule has 0 fully saturated rings. The van der Waals surface area contributed by atoms with Crippen LogP contribution >= 0.6 is 11.3 Å².